The van der Waals surface area contributed by atoms with E-state index in [1.807, 2.05) is 25.1 Å². The SMILES string of the molecule is Cc1ncc[nH]1.O=S(=O)(O)c1ccccc1-c1ccccc1. The van der Waals surface area contributed by atoms with Gasteiger partial charge in [0.15, 0.2) is 0 Å². The summed E-state index contributed by atoms with van der Waals surface area (Å²) in [6.45, 7) is 1.92. The summed E-state index contributed by atoms with van der Waals surface area (Å²) in [4.78, 5) is 6.68. The van der Waals surface area contributed by atoms with Crippen LogP contribution in [-0.2, 0) is 10.1 Å². The van der Waals surface area contributed by atoms with E-state index in [9.17, 15) is 8.42 Å². The van der Waals surface area contributed by atoms with Crippen molar-refractivity contribution in [2.24, 2.45) is 0 Å². The van der Waals surface area contributed by atoms with Crippen molar-refractivity contribution >= 4 is 10.1 Å². The highest BCUT2D eigenvalue weighted by Crippen LogP contribution is 2.26. The van der Waals surface area contributed by atoms with Crippen molar-refractivity contribution < 1.29 is 13.0 Å². The zero-order valence-corrected chi connectivity index (χ0v) is 12.8. The minimum absolute atomic E-state index is 0.0683. The van der Waals surface area contributed by atoms with Crippen LogP contribution in [0.2, 0.25) is 0 Å². The molecule has 0 unspecified atom stereocenters. The Labute approximate surface area is 129 Å². The Kier molecular flexibility index (Phi) is 5.08. The van der Waals surface area contributed by atoms with Gasteiger partial charge < -0.3 is 4.98 Å². The molecule has 0 atom stereocenters. The molecule has 3 rings (SSSR count). The largest absolute Gasteiger partial charge is 0.349 e. The number of H-pyrrole nitrogens is 1. The molecular formula is C16H16N2O3S. The van der Waals surface area contributed by atoms with E-state index in [1.165, 1.54) is 6.07 Å². The molecule has 0 amide bonds. The lowest BCUT2D eigenvalue weighted by Gasteiger charge is -2.06. The fourth-order valence-corrected chi connectivity index (χ4v) is 2.61. The molecule has 0 bridgehead atoms. The van der Waals surface area contributed by atoms with Crippen LogP contribution in [0.25, 0.3) is 11.1 Å². The Hall–Kier alpha value is -2.44. The molecule has 0 radical (unpaired) electrons. The second kappa shape index (κ2) is 7.02. The van der Waals surface area contributed by atoms with Crippen LogP contribution in [0.5, 0.6) is 0 Å². The Bertz CT molecular complexity index is 814. The van der Waals surface area contributed by atoms with Gasteiger partial charge in [-0.15, -0.1) is 0 Å². The molecule has 2 N–H and O–H groups in total. The number of aromatic amines is 1. The van der Waals surface area contributed by atoms with E-state index in [2.05, 4.69) is 9.97 Å². The molecule has 0 saturated heterocycles. The first-order chi connectivity index (χ1) is 10.5. The maximum absolute atomic E-state index is 11.2. The third-order valence-electron chi connectivity index (χ3n) is 2.88. The van der Waals surface area contributed by atoms with Gasteiger partial charge in [-0.25, -0.2) is 4.98 Å². The first kappa shape index (κ1) is 15.9. The van der Waals surface area contributed by atoms with Gasteiger partial charge in [0.25, 0.3) is 10.1 Å². The van der Waals surface area contributed by atoms with E-state index >= 15 is 0 Å². The lowest BCUT2D eigenvalue weighted by Crippen LogP contribution is -2.00. The molecular weight excluding hydrogens is 300 g/mol. The van der Waals surface area contributed by atoms with Crippen molar-refractivity contribution in [3.63, 3.8) is 0 Å². The van der Waals surface area contributed by atoms with Crippen molar-refractivity contribution in [3.8, 4) is 11.1 Å². The minimum atomic E-state index is -4.18. The standard InChI is InChI=1S/C12H10O3S.C4H6N2/c13-16(14,15)12-9-5-4-8-11(12)10-6-2-1-3-7-10;1-4-5-2-3-6-4/h1-9H,(H,13,14,15);2-3H,1H3,(H,5,6). The number of nitrogens with zero attached hydrogens (tertiary/aromatic N) is 1. The second-order valence-corrected chi connectivity index (χ2v) is 5.90. The van der Waals surface area contributed by atoms with Gasteiger partial charge in [0.2, 0.25) is 0 Å². The lowest BCUT2D eigenvalue weighted by atomic mass is 10.1. The Morgan fingerprint density at radius 2 is 1.64 bits per heavy atom. The lowest BCUT2D eigenvalue weighted by molar-refractivity contribution is 0.483. The van der Waals surface area contributed by atoms with Crippen molar-refractivity contribution in [1.82, 2.24) is 9.97 Å². The van der Waals surface area contributed by atoms with E-state index in [-0.39, 0.29) is 4.90 Å². The highest BCUT2D eigenvalue weighted by molar-refractivity contribution is 7.86. The third kappa shape index (κ3) is 4.28. The molecule has 22 heavy (non-hydrogen) atoms. The molecule has 1 heterocycles. The maximum atomic E-state index is 11.2. The van der Waals surface area contributed by atoms with E-state index in [0.717, 1.165) is 11.4 Å². The topological polar surface area (TPSA) is 83.0 Å². The van der Waals surface area contributed by atoms with Crippen molar-refractivity contribution in [3.05, 3.63) is 72.8 Å². The number of nitrogens with one attached hydrogen (secondary N) is 1. The van der Waals surface area contributed by atoms with Crippen LogP contribution < -0.4 is 0 Å². The summed E-state index contributed by atoms with van der Waals surface area (Å²) >= 11 is 0. The summed E-state index contributed by atoms with van der Waals surface area (Å²) in [7, 11) is -4.18. The van der Waals surface area contributed by atoms with Crippen LogP contribution in [0.15, 0.2) is 71.9 Å². The first-order valence-electron chi connectivity index (χ1n) is 6.56. The molecule has 0 saturated carbocycles. The summed E-state index contributed by atoms with van der Waals surface area (Å²) in [5, 5.41) is 0. The number of imidazole rings is 1. The smallest absolute Gasteiger partial charge is 0.295 e. The average Bonchev–Trinajstić information content (AvgIpc) is 2.99. The zero-order valence-electron chi connectivity index (χ0n) is 12.0. The number of aromatic nitrogens is 2. The van der Waals surface area contributed by atoms with E-state index < -0.39 is 10.1 Å². The van der Waals surface area contributed by atoms with E-state index in [4.69, 9.17) is 4.55 Å². The summed E-state index contributed by atoms with van der Waals surface area (Å²) < 4.78 is 31.5. The van der Waals surface area contributed by atoms with E-state index in [0.29, 0.717) is 5.56 Å². The summed E-state index contributed by atoms with van der Waals surface area (Å²) in [6, 6.07) is 15.4. The molecule has 0 aliphatic heterocycles. The molecule has 6 heteroatoms. The minimum Gasteiger partial charge on any atom is -0.349 e. The highest BCUT2D eigenvalue weighted by Gasteiger charge is 2.15. The average molecular weight is 316 g/mol. The molecule has 0 aliphatic carbocycles. The van der Waals surface area contributed by atoms with Crippen molar-refractivity contribution in [2.45, 2.75) is 11.8 Å². The number of hydrogen-bond donors (Lipinski definition) is 2. The van der Waals surface area contributed by atoms with Crippen molar-refractivity contribution in [1.29, 1.82) is 0 Å². The first-order valence-corrected chi connectivity index (χ1v) is 8.00. The van der Waals surface area contributed by atoms with Crippen LogP contribution in [0.1, 0.15) is 5.82 Å². The van der Waals surface area contributed by atoms with Gasteiger partial charge in [0.05, 0.1) is 0 Å². The quantitative estimate of drug-likeness (QED) is 0.710. The summed E-state index contributed by atoms with van der Waals surface area (Å²) in [5.74, 6) is 0.968. The molecule has 5 nitrogen and oxygen atoms in total. The Balaban J connectivity index is 0.000000246. The number of aryl methyl sites for hydroxylation is 1. The summed E-state index contributed by atoms with van der Waals surface area (Å²) in [5.41, 5.74) is 1.27. The second-order valence-electron chi connectivity index (χ2n) is 4.51. The predicted octanol–water partition coefficient (Wildman–Crippen LogP) is 3.32. The monoisotopic (exact) mass is 316 g/mol. The zero-order chi connectivity index (χ0) is 16.0. The van der Waals surface area contributed by atoms with Gasteiger partial charge in [-0.3, -0.25) is 4.55 Å². The van der Waals surface area contributed by atoms with Crippen LogP contribution in [0.4, 0.5) is 0 Å². The van der Waals surface area contributed by atoms with Crippen molar-refractivity contribution in [2.75, 3.05) is 0 Å². The molecule has 0 fully saturated rings. The Morgan fingerprint density at radius 1 is 1.00 bits per heavy atom. The van der Waals surface area contributed by atoms with Gasteiger partial charge in [-0.05, 0) is 18.6 Å². The fraction of sp³-hybridized carbons (Fsp3) is 0.0625. The maximum Gasteiger partial charge on any atom is 0.295 e. The fourth-order valence-electron chi connectivity index (χ4n) is 1.89. The van der Waals surface area contributed by atoms with Gasteiger partial charge in [-0.2, -0.15) is 8.42 Å². The van der Waals surface area contributed by atoms with E-state index in [1.54, 1.807) is 42.7 Å². The molecule has 0 spiro atoms. The number of hydrogen-bond acceptors (Lipinski definition) is 3. The normalized spacial score (nSPS) is 10.6. The van der Waals surface area contributed by atoms with Gasteiger partial charge in [0.1, 0.15) is 10.7 Å². The molecule has 114 valence electrons. The number of rotatable bonds is 2. The number of benzene rings is 2. The molecule has 0 aliphatic rings. The van der Waals surface area contributed by atoms with Crippen LogP contribution >= 0.6 is 0 Å². The predicted molar refractivity (Wildman–Crippen MR) is 85.0 cm³/mol. The van der Waals surface area contributed by atoms with Crippen LogP contribution in [0, 0.1) is 6.92 Å². The third-order valence-corrected chi connectivity index (χ3v) is 3.80. The summed E-state index contributed by atoms with van der Waals surface area (Å²) in [6.07, 6.45) is 3.53. The molecule has 2 aromatic carbocycles. The van der Waals surface area contributed by atoms with Gasteiger partial charge in [0, 0.05) is 18.0 Å². The van der Waals surface area contributed by atoms with Crippen LogP contribution in [0.3, 0.4) is 0 Å². The Morgan fingerprint density at radius 3 is 2.14 bits per heavy atom. The van der Waals surface area contributed by atoms with Gasteiger partial charge in [-0.1, -0.05) is 48.5 Å². The highest BCUT2D eigenvalue weighted by atomic mass is 32.2. The van der Waals surface area contributed by atoms with Gasteiger partial charge >= 0.3 is 0 Å². The molecule has 3 aromatic rings. The van der Waals surface area contributed by atoms with Crippen LogP contribution in [-0.4, -0.2) is 22.9 Å². The molecule has 1 aromatic heterocycles.